The van der Waals surface area contributed by atoms with E-state index in [2.05, 4.69) is 12.2 Å². The molecular weight excluding hydrogens is 226 g/mol. The van der Waals surface area contributed by atoms with E-state index in [9.17, 15) is 4.79 Å². The first-order valence-electron chi connectivity index (χ1n) is 6.43. The van der Waals surface area contributed by atoms with Gasteiger partial charge in [0.25, 0.3) is 0 Å². The molecule has 0 aliphatic heterocycles. The number of carbonyl (C=O) groups is 1. The first-order valence-corrected chi connectivity index (χ1v) is 6.43. The molecule has 3 nitrogen and oxygen atoms in total. The standard InChI is InChI=1S/C15H23NO2/c1-5-10-16-13-8-6-12(7-9-13)11-18-14(17)15(2,3)4/h6-9,16H,5,10-11H2,1-4H3. The molecule has 0 aliphatic carbocycles. The zero-order valence-corrected chi connectivity index (χ0v) is 11.7. The van der Waals surface area contributed by atoms with Gasteiger partial charge in [0.1, 0.15) is 6.61 Å². The summed E-state index contributed by atoms with van der Waals surface area (Å²) in [7, 11) is 0. The van der Waals surface area contributed by atoms with E-state index in [0.717, 1.165) is 24.2 Å². The van der Waals surface area contributed by atoms with Crippen LogP contribution >= 0.6 is 0 Å². The van der Waals surface area contributed by atoms with Crippen LogP contribution in [-0.2, 0) is 16.1 Å². The Labute approximate surface area is 110 Å². The van der Waals surface area contributed by atoms with Crippen LogP contribution in [0.1, 0.15) is 39.7 Å². The monoisotopic (exact) mass is 249 g/mol. The van der Waals surface area contributed by atoms with Gasteiger partial charge in [-0.25, -0.2) is 0 Å². The number of carbonyl (C=O) groups excluding carboxylic acids is 1. The lowest BCUT2D eigenvalue weighted by atomic mass is 9.97. The molecule has 1 aromatic carbocycles. The van der Waals surface area contributed by atoms with Crippen LogP contribution in [-0.4, -0.2) is 12.5 Å². The van der Waals surface area contributed by atoms with Crippen molar-refractivity contribution in [3.05, 3.63) is 29.8 Å². The van der Waals surface area contributed by atoms with Gasteiger partial charge < -0.3 is 10.1 Å². The number of anilines is 1. The molecular formula is C15H23NO2. The lowest BCUT2D eigenvalue weighted by molar-refractivity contribution is -0.154. The first-order chi connectivity index (χ1) is 8.43. The Balaban J connectivity index is 2.46. The van der Waals surface area contributed by atoms with Gasteiger partial charge >= 0.3 is 5.97 Å². The molecule has 100 valence electrons. The number of nitrogens with one attached hydrogen (secondary N) is 1. The smallest absolute Gasteiger partial charge is 0.311 e. The van der Waals surface area contributed by atoms with E-state index in [0.29, 0.717) is 6.61 Å². The van der Waals surface area contributed by atoms with E-state index in [1.165, 1.54) is 0 Å². The predicted octanol–water partition coefficient (Wildman–Crippen LogP) is 3.60. The second-order valence-electron chi connectivity index (χ2n) is 5.45. The highest BCUT2D eigenvalue weighted by atomic mass is 16.5. The summed E-state index contributed by atoms with van der Waals surface area (Å²) >= 11 is 0. The van der Waals surface area contributed by atoms with Crippen molar-refractivity contribution in [1.29, 1.82) is 0 Å². The van der Waals surface area contributed by atoms with Crippen molar-refractivity contribution in [2.75, 3.05) is 11.9 Å². The van der Waals surface area contributed by atoms with Crippen LogP contribution in [0.5, 0.6) is 0 Å². The van der Waals surface area contributed by atoms with Crippen LogP contribution in [0.3, 0.4) is 0 Å². The first kappa shape index (κ1) is 14.6. The SMILES string of the molecule is CCCNc1ccc(COC(=O)C(C)(C)C)cc1. The van der Waals surface area contributed by atoms with Gasteiger partial charge in [-0.15, -0.1) is 0 Å². The van der Waals surface area contributed by atoms with Gasteiger partial charge in [-0.1, -0.05) is 19.1 Å². The van der Waals surface area contributed by atoms with Gasteiger partial charge in [0.05, 0.1) is 5.41 Å². The Bertz CT molecular complexity index is 376. The van der Waals surface area contributed by atoms with E-state index in [-0.39, 0.29) is 5.97 Å². The Morgan fingerprint density at radius 1 is 1.22 bits per heavy atom. The molecule has 0 saturated heterocycles. The second kappa shape index (κ2) is 6.43. The summed E-state index contributed by atoms with van der Waals surface area (Å²) in [4.78, 5) is 11.6. The maximum Gasteiger partial charge on any atom is 0.311 e. The third-order valence-electron chi connectivity index (χ3n) is 2.52. The zero-order chi connectivity index (χ0) is 13.6. The highest BCUT2D eigenvalue weighted by Crippen LogP contribution is 2.17. The average Bonchev–Trinajstić information content (AvgIpc) is 2.33. The average molecular weight is 249 g/mol. The molecule has 0 aromatic heterocycles. The Morgan fingerprint density at radius 2 is 1.83 bits per heavy atom. The van der Waals surface area contributed by atoms with Crippen molar-refractivity contribution in [3.8, 4) is 0 Å². The van der Waals surface area contributed by atoms with Crippen molar-refractivity contribution in [3.63, 3.8) is 0 Å². The van der Waals surface area contributed by atoms with E-state index in [4.69, 9.17) is 4.74 Å². The zero-order valence-electron chi connectivity index (χ0n) is 11.7. The fraction of sp³-hybridized carbons (Fsp3) is 0.533. The van der Waals surface area contributed by atoms with Crippen LogP contribution in [0.2, 0.25) is 0 Å². The molecule has 0 unspecified atom stereocenters. The quantitative estimate of drug-likeness (QED) is 0.810. The van der Waals surface area contributed by atoms with E-state index < -0.39 is 5.41 Å². The predicted molar refractivity (Wildman–Crippen MR) is 74.5 cm³/mol. The Morgan fingerprint density at radius 3 is 2.33 bits per heavy atom. The fourth-order valence-corrected chi connectivity index (χ4v) is 1.35. The van der Waals surface area contributed by atoms with Crippen LogP contribution < -0.4 is 5.32 Å². The van der Waals surface area contributed by atoms with Crippen molar-refractivity contribution in [2.24, 2.45) is 5.41 Å². The van der Waals surface area contributed by atoms with Gasteiger partial charge in [0.15, 0.2) is 0 Å². The molecule has 3 heteroatoms. The van der Waals surface area contributed by atoms with E-state index >= 15 is 0 Å². The summed E-state index contributed by atoms with van der Waals surface area (Å²) in [6, 6.07) is 7.98. The molecule has 0 bridgehead atoms. The summed E-state index contributed by atoms with van der Waals surface area (Å²) in [6.45, 7) is 9.00. The number of hydrogen-bond acceptors (Lipinski definition) is 3. The molecule has 0 saturated carbocycles. The Kier molecular flexibility index (Phi) is 5.20. The molecule has 0 spiro atoms. The van der Waals surface area contributed by atoms with Crippen molar-refractivity contribution >= 4 is 11.7 Å². The molecule has 18 heavy (non-hydrogen) atoms. The second-order valence-corrected chi connectivity index (χ2v) is 5.45. The van der Waals surface area contributed by atoms with Crippen LogP contribution in [0.4, 0.5) is 5.69 Å². The molecule has 1 rings (SSSR count). The van der Waals surface area contributed by atoms with E-state index in [1.807, 2.05) is 45.0 Å². The number of hydrogen-bond donors (Lipinski definition) is 1. The molecule has 0 atom stereocenters. The molecule has 1 N–H and O–H groups in total. The summed E-state index contributed by atoms with van der Waals surface area (Å²) < 4.78 is 5.25. The Hall–Kier alpha value is -1.51. The minimum atomic E-state index is -0.442. The van der Waals surface area contributed by atoms with Crippen LogP contribution in [0.15, 0.2) is 24.3 Å². The summed E-state index contributed by atoms with van der Waals surface area (Å²) in [6.07, 6.45) is 1.10. The van der Waals surface area contributed by atoms with Gasteiger partial charge in [-0.2, -0.15) is 0 Å². The minimum Gasteiger partial charge on any atom is -0.460 e. The number of rotatable bonds is 5. The molecule has 0 fully saturated rings. The molecule has 0 amide bonds. The lowest BCUT2D eigenvalue weighted by Crippen LogP contribution is -2.22. The summed E-state index contributed by atoms with van der Waals surface area (Å²) in [5, 5.41) is 3.30. The minimum absolute atomic E-state index is 0.171. The maximum atomic E-state index is 11.6. The number of ether oxygens (including phenoxy) is 1. The largest absolute Gasteiger partial charge is 0.460 e. The van der Waals surface area contributed by atoms with Crippen LogP contribution in [0, 0.1) is 5.41 Å². The third-order valence-corrected chi connectivity index (χ3v) is 2.52. The summed E-state index contributed by atoms with van der Waals surface area (Å²) in [5.41, 5.74) is 1.67. The summed E-state index contributed by atoms with van der Waals surface area (Å²) in [5.74, 6) is -0.171. The number of benzene rings is 1. The van der Waals surface area contributed by atoms with Crippen LogP contribution in [0.25, 0.3) is 0 Å². The maximum absolute atomic E-state index is 11.6. The highest BCUT2D eigenvalue weighted by molar-refractivity contribution is 5.75. The van der Waals surface area contributed by atoms with Gasteiger partial charge in [0.2, 0.25) is 0 Å². The van der Waals surface area contributed by atoms with Crippen molar-refractivity contribution in [2.45, 2.75) is 40.7 Å². The lowest BCUT2D eigenvalue weighted by Gasteiger charge is -2.16. The highest BCUT2D eigenvalue weighted by Gasteiger charge is 2.22. The van der Waals surface area contributed by atoms with Crippen molar-refractivity contribution in [1.82, 2.24) is 0 Å². The van der Waals surface area contributed by atoms with Gasteiger partial charge in [0, 0.05) is 12.2 Å². The fourth-order valence-electron chi connectivity index (χ4n) is 1.35. The molecule has 0 aliphatic rings. The topological polar surface area (TPSA) is 38.3 Å². The van der Waals surface area contributed by atoms with Gasteiger partial charge in [-0.3, -0.25) is 4.79 Å². The normalized spacial score (nSPS) is 11.1. The molecule has 0 heterocycles. The molecule has 0 radical (unpaired) electrons. The van der Waals surface area contributed by atoms with E-state index in [1.54, 1.807) is 0 Å². The van der Waals surface area contributed by atoms with Gasteiger partial charge in [-0.05, 0) is 44.9 Å². The number of esters is 1. The van der Waals surface area contributed by atoms with Crippen molar-refractivity contribution < 1.29 is 9.53 Å². The molecule has 1 aromatic rings. The third kappa shape index (κ3) is 4.78.